The number of halogens is 2. The quantitative estimate of drug-likeness (QED) is 0.842. The first-order valence-electron chi connectivity index (χ1n) is 7.63. The predicted octanol–water partition coefficient (Wildman–Crippen LogP) is 3.54. The summed E-state index contributed by atoms with van der Waals surface area (Å²) in [6.07, 6.45) is 5.14. The summed E-state index contributed by atoms with van der Waals surface area (Å²) in [6, 6.07) is 5.60. The van der Waals surface area contributed by atoms with E-state index in [0.717, 1.165) is 13.1 Å². The van der Waals surface area contributed by atoms with Gasteiger partial charge in [0.2, 0.25) is 0 Å². The van der Waals surface area contributed by atoms with Crippen LogP contribution in [0.3, 0.4) is 0 Å². The normalized spacial score (nSPS) is 25.2. The highest BCUT2D eigenvalue weighted by Gasteiger charge is 2.27. The Balaban J connectivity index is 1.65. The van der Waals surface area contributed by atoms with Gasteiger partial charge in [0.05, 0.1) is 0 Å². The lowest BCUT2D eigenvalue weighted by Crippen LogP contribution is -2.46. The van der Waals surface area contributed by atoms with Crippen molar-refractivity contribution in [3.63, 3.8) is 0 Å². The van der Waals surface area contributed by atoms with Crippen LogP contribution >= 0.6 is 11.6 Å². The van der Waals surface area contributed by atoms with Crippen molar-refractivity contribution in [3.05, 3.63) is 34.6 Å². The van der Waals surface area contributed by atoms with Crippen molar-refractivity contribution in [1.82, 2.24) is 9.80 Å². The topological polar surface area (TPSA) is 6.48 Å². The summed E-state index contributed by atoms with van der Waals surface area (Å²) in [7, 11) is 0. The molecule has 2 aliphatic rings. The third-order valence-electron chi connectivity index (χ3n) is 4.58. The number of hydrogen-bond donors (Lipinski definition) is 0. The van der Waals surface area contributed by atoms with Gasteiger partial charge in [-0.05, 0) is 57.5 Å². The van der Waals surface area contributed by atoms with Gasteiger partial charge < -0.3 is 0 Å². The fourth-order valence-corrected chi connectivity index (χ4v) is 3.71. The standard InChI is InChI=1S/C16H22ClFN2/c17-15-6-3-7-16(18)14(15)12-19-8-4-5-13(11-19)20-9-1-2-10-20/h3,6-7,13H,1-2,4-5,8-12H2/t13-/m1/s1. The second-order valence-electron chi connectivity index (χ2n) is 5.97. The van der Waals surface area contributed by atoms with Gasteiger partial charge in [-0.3, -0.25) is 9.80 Å². The molecular formula is C16H22ClFN2. The molecule has 2 nitrogen and oxygen atoms in total. The molecule has 0 N–H and O–H groups in total. The van der Waals surface area contributed by atoms with E-state index in [1.807, 2.05) is 0 Å². The number of nitrogens with zero attached hydrogens (tertiary/aromatic N) is 2. The molecule has 0 aromatic heterocycles. The molecule has 0 unspecified atom stereocenters. The van der Waals surface area contributed by atoms with Gasteiger partial charge in [0.1, 0.15) is 5.82 Å². The van der Waals surface area contributed by atoms with Crippen LogP contribution in [0, 0.1) is 5.82 Å². The van der Waals surface area contributed by atoms with Gasteiger partial charge in [0.15, 0.2) is 0 Å². The lowest BCUT2D eigenvalue weighted by atomic mass is 10.0. The van der Waals surface area contributed by atoms with E-state index in [2.05, 4.69) is 9.80 Å². The van der Waals surface area contributed by atoms with E-state index in [1.165, 1.54) is 44.8 Å². The van der Waals surface area contributed by atoms with E-state index in [0.29, 0.717) is 23.2 Å². The summed E-state index contributed by atoms with van der Waals surface area (Å²) in [5.41, 5.74) is 0.649. The Hall–Kier alpha value is -0.640. The number of piperidine rings is 1. The summed E-state index contributed by atoms with van der Waals surface area (Å²) in [6.45, 7) is 5.20. The maximum absolute atomic E-state index is 13.9. The Morgan fingerprint density at radius 2 is 1.95 bits per heavy atom. The minimum absolute atomic E-state index is 0.180. The molecule has 2 heterocycles. The van der Waals surface area contributed by atoms with Gasteiger partial charge in [0.25, 0.3) is 0 Å². The van der Waals surface area contributed by atoms with E-state index in [9.17, 15) is 4.39 Å². The highest BCUT2D eigenvalue weighted by molar-refractivity contribution is 6.31. The molecule has 0 bridgehead atoms. The molecule has 20 heavy (non-hydrogen) atoms. The lowest BCUT2D eigenvalue weighted by molar-refractivity contribution is 0.110. The first-order chi connectivity index (χ1) is 9.74. The monoisotopic (exact) mass is 296 g/mol. The fraction of sp³-hybridized carbons (Fsp3) is 0.625. The fourth-order valence-electron chi connectivity index (χ4n) is 3.49. The van der Waals surface area contributed by atoms with Crippen LogP contribution in [0.1, 0.15) is 31.2 Å². The molecule has 2 fully saturated rings. The van der Waals surface area contributed by atoms with E-state index in [4.69, 9.17) is 11.6 Å². The number of rotatable bonds is 3. The minimum Gasteiger partial charge on any atom is -0.299 e. The molecule has 0 spiro atoms. The molecule has 1 atom stereocenters. The van der Waals surface area contributed by atoms with E-state index in [1.54, 1.807) is 12.1 Å². The number of likely N-dealkylation sites (tertiary alicyclic amines) is 2. The zero-order valence-electron chi connectivity index (χ0n) is 11.8. The number of benzene rings is 1. The second-order valence-corrected chi connectivity index (χ2v) is 6.38. The van der Waals surface area contributed by atoms with Crippen molar-refractivity contribution in [2.45, 2.75) is 38.3 Å². The Morgan fingerprint density at radius 3 is 2.70 bits per heavy atom. The van der Waals surface area contributed by atoms with Crippen molar-refractivity contribution < 1.29 is 4.39 Å². The summed E-state index contributed by atoms with van der Waals surface area (Å²) in [5.74, 6) is -0.180. The largest absolute Gasteiger partial charge is 0.299 e. The zero-order valence-corrected chi connectivity index (χ0v) is 12.6. The molecule has 0 aliphatic carbocycles. The third kappa shape index (κ3) is 3.16. The summed E-state index contributed by atoms with van der Waals surface area (Å²) in [4.78, 5) is 4.96. The molecular weight excluding hydrogens is 275 g/mol. The summed E-state index contributed by atoms with van der Waals surface area (Å²) >= 11 is 6.14. The first-order valence-corrected chi connectivity index (χ1v) is 8.01. The van der Waals surface area contributed by atoms with Crippen LogP contribution in [0.2, 0.25) is 5.02 Å². The van der Waals surface area contributed by atoms with Crippen molar-refractivity contribution in [3.8, 4) is 0 Å². The average molecular weight is 297 g/mol. The molecule has 2 saturated heterocycles. The molecule has 1 aromatic rings. The smallest absolute Gasteiger partial charge is 0.129 e. The molecule has 4 heteroatoms. The van der Waals surface area contributed by atoms with Crippen molar-refractivity contribution in [2.24, 2.45) is 0 Å². The summed E-state index contributed by atoms with van der Waals surface area (Å²) in [5, 5.41) is 0.549. The third-order valence-corrected chi connectivity index (χ3v) is 4.94. The van der Waals surface area contributed by atoms with Crippen LogP contribution in [-0.4, -0.2) is 42.0 Å². The van der Waals surface area contributed by atoms with E-state index >= 15 is 0 Å². The average Bonchev–Trinajstić information content (AvgIpc) is 2.98. The van der Waals surface area contributed by atoms with Gasteiger partial charge in [0, 0.05) is 29.7 Å². The molecule has 1 aromatic carbocycles. The molecule has 0 radical (unpaired) electrons. The van der Waals surface area contributed by atoms with Gasteiger partial charge in [-0.2, -0.15) is 0 Å². The molecule has 110 valence electrons. The highest BCUT2D eigenvalue weighted by Crippen LogP contribution is 2.25. The van der Waals surface area contributed by atoms with Gasteiger partial charge in [-0.25, -0.2) is 4.39 Å². The van der Waals surface area contributed by atoms with Gasteiger partial charge in [-0.15, -0.1) is 0 Å². The maximum Gasteiger partial charge on any atom is 0.129 e. The molecule has 3 rings (SSSR count). The van der Waals surface area contributed by atoms with Gasteiger partial charge in [-0.1, -0.05) is 17.7 Å². The van der Waals surface area contributed by atoms with Crippen LogP contribution in [0.25, 0.3) is 0 Å². The Labute approximate surface area is 125 Å². The predicted molar refractivity (Wildman–Crippen MR) is 80.5 cm³/mol. The second kappa shape index (κ2) is 6.42. The molecule has 0 amide bonds. The zero-order chi connectivity index (χ0) is 13.9. The lowest BCUT2D eigenvalue weighted by Gasteiger charge is -2.37. The molecule has 0 saturated carbocycles. The van der Waals surface area contributed by atoms with Crippen molar-refractivity contribution in [2.75, 3.05) is 26.2 Å². The van der Waals surface area contributed by atoms with Crippen LogP contribution in [-0.2, 0) is 6.54 Å². The van der Waals surface area contributed by atoms with Crippen LogP contribution in [0.5, 0.6) is 0 Å². The first kappa shape index (κ1) is 14.3. The Kier molecular flexibility index (Phi) is 4.59. The van der Waals surface area contributed by atoms with E-state index in [-0.39, 0.29) is 5.82 Å². The highest BCUT2D eigenvalue weighted by atomic mass is 35.5. The van der Waals surface area contributed by atoms with Crippen LogP contribution in [0.15, 0.2) is 18.2 Å². The summed E-state index contributed by atoms with van der Waals surface area (Å²) < 4.78 is 13.9. The van der Waals surface area contributed by atoms with Crippen molar-refractivity contribution >= 4 is 11.6 Å². The minimum atomic E-state index is -0.180. The van der Waals surface area contributed by atoms with E-state index < -0.39 is 0 Å². The Morgan fingerprint density at radius 1 is 1.15 bits per heavy atom. The molecule has 2 aliphatic heterocycles. The number of hydrogen-bond acceptors (Lipinski definition) is 2. The van der Waals surface area contributed by atoms with Gasteiger partial charge >= 0.3 is 0 Å². The van der Waals surface area contributed by atoms with Crippen LogP contribution in [0.4, 0.5) is 4.39 Å². The van der Waals surface area contributed by atoms with Crippen LogP contribution < -0.4 is 0 Å². The Bertz CT molecular complexity index is 440. The van der Waals surface area contributed by atoms with Crippen molar-refractivity contribution in [1.29, 1.82) is 0 Å². The SMILES string of the molecule is Fc1cccc(Cl)c1CN1CCC[C@@H](N2CCCC2)C1. The maximum atomic E-state index is 13.9.